The molecule has 0 aromatic carbocycles. The second-order valence-corrected chi connectivity index (χ2v) is 12.4. The topological polar surface area (TPSA) is 0 Å². The Balaban J connectivity index is 0. The molecule has 1 rings (SSSR count). The van der Waals surface area contributed by atoms with E-state index in [2.05, 4.69) is 55.4 Å². The average molecular weight is 413 g/mol. The summed E-state index contributed by atoms with van der Waals surface area (Å²) < 4.78 is 2.42. The second-order valence-electron chi connectivity index (χ2n) is 7.55. The molecule has 0 aliphatic heterocycles. The number of hydrogen-bond donors (Lipinski definition) is 0. The summed E-state index contributed by atoms with van der Waals surface area (Å²) in [5.41, 5.74) is 6.57. The summed E-state index contributed by atoms with van der Waals surface area (Å²) in [4.78, 5) is 0. The first-order valence-corrected chi connectivity index (χ1v) is 12.4. The Labute approximate surface area is 168 Å². The third kappa shape index (κ3) is 8.42. The monoisotopic (exact) mass is 412 g/mol. The maximum absolute atomic E-state index is 2.40. The maximum Gasteiger partial charge on any atom is -1.00 e. The van der Waals surface area contributed by atoms with Crippen molar-refractivity contribution in [3.8, 4) is 0 Å². The molecule has 0 heterocycles. The van der Waals surface area contributed by atoms with Gasteiger partial charge in [-0.05, 0) is 0 Å². The number of halogens is 2. The fourth-order valence-corrected chi connectivity index (χ4v) is 10.5. The third-order valence-electron chi connectivity index (χ3n) is 4.63. The molecule has 0 N–H and O–H groups in total. The number of hydrogen-bond acceptors (Lipinski definition) is 0. The van der Waals surface area contributed by atoms with Crippen LogP contribution in [0, 0.1) is 11.8 Å². The van der Waals surface area contributed by atoms with E-state index < -0.39 is 0 Å². The Morgan fingerprint density at radius 3 is 1.57 bits per heavy atom. The van der Waals surface area contributed by atoms with Crippen molar-refractivity contribution in [1.82, 2.24) is 0 Å². The molecule has 1 aliphatic rings. The molecule has 0 aromatic heterocycles. The van der Waals surface area contributed by atoms with Gasteiger partial charge < -0.3 is 24.8 Å². The first kappa shape index (κ1) is 26.4. The summed E-state index contributed by atoms with van der Waals surface area (Å²) in [6.45, 7) is 19.0. The smallest absolute Gasteiger partial charge is 1.00 e. The Kier molecular flexibility index (Phi) is 14.4. The van der Waals surface area contributed by atoms with Crippen LogP contribution in [-0.4, -0.2) is 18.5 Å². The van der Waals surface area contributed by atoms with Gasteiger partial charge in [0.2, 0.25) is 0 Å². The molecule has 0 aromatic rings. The van der Waals surface area contributed by atoms with E-state index in [4.69, 9.17) is 0 Å². The molecule has 0 saturated heterocycles. The zero-order valence-corrected chi connectivity index (χ0v) is 20.2. The summed E-state index contributed by atoms with van der Waals surface area (Å²) in [5.74, 6) is 1.77. The average Bonchev–Trinajstić information content (AvgIpc) is 2.54. The fraction of sp³-hybridized carbons (Fsp3) is 0.789. The number of rotatable bonds is 8. The first-order valence-electron chi connectivity index (χ1n) is 8.54. The predicted molar refractivity (Wildman–Crippen MR) is 96.5 cm³/mol. The quantitative estimate of drug-likeness (QED) is 0.408. The van der Waals surface area contributed by atoms with E-state index in [9.17, 15) is 0 Å². The van der Waals surface area contributed by atoms with Gasteiger partial charge in [0.25, 0.3) is 0 Å². The van der Waals surface area contributed by atoms with E-state index in [0.717, 1.165) is 16.1 Å². The summed E-state index contributed by atoms with van der Waals surface area (Å²) in [5, 5.41) is 0. The Morgan fingerprint density at radius 2 is 1.22 bits per heavy atom. The van der Waals surface area contributed by atoms with Crippen LogP contribution >= 0.6 is 7.92 Å². The Hall–Kier alpha value is 1.20. The van der Waals surface area contributed by atoms with Crippen molar-refractivity contribution >= 4 is 7.92 Å². The third-order valence-corrected chi connectivity index (χ3v) is 11.5. The van der Waals surface area contributed by atoms with Gasteiger partial charge >= 0.3 is 144 Å². The fourth-order valence-electron chi connectivity index (χ4n) is 3.31. The second kappa shape index (κ2) is 12.5. The molecule has 23 heavy (non-hydrogen) atoms. The molecule has 0 unspecified atom stereocenters. The van der Waals surface area contributed by atoms with Crippen molar-refractivity contribution < 1.29 is 44.0 Å². The standard InChI is InChI=1S/C10H22P.C9H13.2ClH.Ti/c1-6-11(7-9(2)3)8-10(4)5;1-6-5-7(2)9(4)8(6)3;;;/h9-10H,1,6-8H2,2-5H3;5H,1-4H3;2*1H;/q;;;;+2/p-2. The summed E-state index contributed by atoms with van der Waals surface area (Å²) in [6.07, 6.45) is 4.53. The van der Waals surface area contributed by atoms with Gasteiger partial charge in [-0.25, -0.2) is 0 Å². The van der Waals surface area contributed by atoms with Gasteiger partial charge in [0.15, 0.2) is 0 Å². The van der Waals surface area contributed by atoms with Gasteiger partial charge in [0, 0.05) is 0 Å². The minimum Gasteiger partial charge on any atom is -1.00 e. The molecule has 0 bridgehead atoms. The van der Waals surface area contributed by atoms with E-state index >= 15 is 0 Å². The largest absolute Gasteiger partial charge is 1.00 e. The van der Waals surface area contributed by atoms with Crippen LogP contribution in [0.5, 0.6) is 0 Å². The molecule has 0 radical (unpaired) electrons. The Bertz CT molecular complexity index is 380. The summed E-state index contributed by atoms with van der Waals surface area (Å²) in [7, 11) is 0.289. The normalized spacial score (nSPS) is 15.4. The van der Waals surface area contributed by atoms with E-state index in [-0.39, 0.29) is 51.9 Å². The van der Waals surface area contributed by atoms with Gasteiger partial charge in [0.05, 0.1) is 0 Å². The molecule has 0 amide bonds. The molecule has 0 nitrogen and oxygen atoms in total. The zero-order valence-electron chi connectivity index (χ0n) is 16.3. The van der Waals surface area contributed by atoms with E-state index in [0.29, 0.717) is 0 Å². The first-order chi connectivity index (χ1) is 9.73. The van der Waals surface area contributed by atoms with Crippen LogP contribution in [0.15, 0.2) is 22.3 Å². The summed E-state index contributed by atoms with van der Waals surface area (Å²) in [6, 6.07) is 0. The van der Waals surface area contributed by atoms with Crippen molar-refractivity contribution in [2.45, 2.75) is 64.3 Å². The van der Waals surface area contributed by atoms with Crippen LogP contribution in [0.2, 0.25) is 8.95 Å². The van der Waals surface area contributed by atoms with Crippen LogP contribution in [0.1, 0.15) is 55.4 Å². The van der Waals surface area contributed by atoms with Gasteiger partial charge in [-0.1, -0.05) is 0 Å². The molecule has 134 valence electrons. The van der Waals surface area contributed by atoms with Gasteiger partial charge in [0.1, 0.15) is 0 Å². The van der Waals surface area contributed by atoms with Gasteiger partial charge in [-0.3, -0.25) is 0 Å². The summed E-state index contributed by atoms with van der Waals surface area (Å²) >= 11 is 0.155. The van der Waals surface area contributed by atoms with Crippen molar-refractivity contribution in [2.75, 3.05) is 18.5 Å². The molecular formula is C19H35Cl2PTi. The van der Waals surface area contributed by atoms with Crippen LogP contribution in [0.3, 0.4) is 0 Å². The zero-order chi connectivity index (χ0) is 16.2. The minimum absolute atomic E-state index is 0. The molecule has 0 saturated carbocycles. The van der Waals surface area contributed by atoms with Crippen molar-refractivity contribution in [3.63, 3.8) is 0 Å². The number of allylic oxidation sites excluding steroid dienone is 4. The van der Waals surface area contributed by atoms with Crippen LogP contribution in [0.4, 0.5) is 0 Å². The molecule has 0 atom stereocenters. The molecular weight excluding hydrogens is 378 g/mol. The van der Waals surface area contributed by atoms with Crippen LogP contribution in [-0.2, 0) is 19.2 Å². The molecule has 0 fully saturated rings. The van der Waals surface area contributed by atoms with Crippen molar-refractivity contribution in [3.05, 3.63) is 22.3 Å². The molecule has 1 aliphatic carbocycles. The van der Waals surface area contributed by atoms with Gasteiger partial charge in [-0.2, -0.15) is 0 Å². The Morgan fingerprint density at radius 1 is 0.826 bits per heavy atom. The molecule has 0 spiro atoms. The SMILES string of the molecule is CC1=C(C)[CH]([Ti+2][CH2]CP(CC(C)C)CC(C)C)C(C)=C1C.[Cl-].[Cl-]. The maximum atomic E-state index is 2.40. The van der Waals surface area contributed by atoms with Crippen molar-refractivity contribution in [1.29, 1.82) is 0 Å². The van der Waals surface area contributed by atoms with E-state index in [1.165, 1.54) is 12.3 Å². The van der Waals surface area contributed by atoms with E-state index in [1.54, 1.807) is 33.2 Å². The van der Waals surface area contributed by atoms with Crippen molar-refractivity contribution in [2.24, 2.45) is 11.8 Å². The van der Waals surface area contributed by atoms with Crippen LogP contribution < -0.4 is 24.8 Å². The van der Waals surface area contributed by atoms with Gasteiger partial charge in [-0.15, -0.1) is 0 Å². The predicted octanol–water partition coefficient (Wildman–Crippen LogP) is 0.764. The van der Waals surface area contributed by atoms with E-state index in [1.807, 2.05) is 0 Å². The van der Waals surface area contributed by atoms with Crippen LogP contribution in [0.25, 0.3) is 0 Å². The minimum atomic E-state index is 0. The molecule has 4 heteroatoms.